The SMILES string of the molecule is CCC(C)CNC(=O)c1cc(Br)cc(N)c1C. The average molecular weight is 299 g/mol. The molecule has 0 aliphatic rings. The van der Waals surface area contributed by atoms with Gasteiger partial charge in [-0.05, 0) is 30.5 Å². The first-order valence-corrected chi connectivity index (χ1v) is 6.58. The van der Waals surface area contributed by atoms with E-state index >= 15 is 0 Å². The van der Waals surface area contributed by atoms with Crippen LogP contribution in [-0.2, 0) is 0 Å². The summed E-state index contributed by atoms with van der Waals surface area (Å²) in [5.41, 5.74) is 7.93. The number of nitrogen functional groups attached to an aromatic ring is 1. The number of hydrogen-bond donors (Lipinski definition) is 2. The van der Waals surface area contributed by atoms with Crippen LogP contribution in [0.2, 0.25) is 0 Å². The Bertz CT molecular complexity index is 418. The lowest BCUT2D eigenvalue weighted by Gasteiger charge is -2.13. The van der Waals surface area contributed by atoms with Crippen molar-refractivity contribution in [3.8, 4) is 0 Å². The second-order valence-electron chi connectivity index (χ2n) is 4.39. The molecule has 0 spiro atoms. The minimum absolute atomic E-state index is 0.0594. The Morgan fingerprint density at radius 1 is 1.53 bits per heavy atom. The molecule has 1 aromatic rings. The number of benzene rings is 1. The third-order valence-electron chi connectivity index (χ3n) is 2.97. The summed E-state index contributed by atoms with van der Waals surface area (Å²) in [6, 6.07) is 3.61. The summed E-state index contributed by atoms with van der Waals surface area (Å²) in [5.74, 6) is 0.430. The Kier molecular flexibility index (Phi) is 5.00. The van der Waals surface area contributed by atoms with E-state index < -0.39 is 0 Å². The number of carbonyl (C=O) groups is 1. The molecular weight excluding hydrogens is 280 g/mol. The molecule has 0 fully saturated rings. The first-order chi connectivity index (χ1) is 7.95. The second kappa shape index (κ2) is 6.05. The van der Waals surface area contributed by atoms with Gasteiger partial charge >= 0.3 is 0 Å². The molecule has 1 amide bonds. The average Bonchev–Trinajstić information content (AvgIpc) is 2.30. The van der Waals surface area contributed by atoms with Crippen LogP contribution in [0.5, 0.6) is 0 Å². The Morgan fingerprint density at radius 3 is 2.76 bits per heavy atom. The zero-order valence-corrected chi connectivity index (χ0v) is 12.1. The van der Waals surface area contributed by atoms with Crippen molar-refractivity contribution in [1.29, 1.82) is 0 Å². The molecule has 1 aromatic carbocycles. The van der Waals surface area contributed by atoms with E-state index in [1.54, 1.807) is 12.1 Å². The predicted octanol–water partition coefficient (Wildman–Crippen LogP) is 3.12. The van der Waals surface area contributed by atoms with Crippen LogP contribution in [-0.4, -0.2) is 12.5 Å². The topological polar surface area (TPSA) is 55.1 Å². The summed E-state index contributed by atoms with van der Waals surface area (Å²) in [7, 11) is 0. The van der Waals surface area contributed by atoms with Crippen LogP contribution in [0.25, 0.3) is 0 Å². The smallest absolute Gasteiger partial charge is 0.251 e. The van der Waals surface area contributed by atoms with Crippen molar-refractivity contribution in [1.82, 2.24) is 5.32 Å². The van der Waals surface area contributed by atoms with Gasteiger partial charge in [0.1, 0.15) is 0 Å². The van der Waals surface area contributed by atoms with Gasteiger partial charge in [-0.1, -0.05) is 36.2 Å². The quantitative estimate of drug-likeness (QED) is 0.839. The number of nitrogens with one attached hydrogen (secondary N) is 1. The molecule has 0 saturated heterocycles. The van der Waals surface area contributed by atoms with E-state index in [2.05, 4.69) is 35.1 Å². The normalized spacial score (nSPS) is 12.2. The van der Waals surface area contributed by atoms with E-state index in [0.29, 0.717) is 23.7 Å². The molecule has 0 radical (unpaired) electrons. The molecule has 94 valence electrons. The van der Waals surface area contributed by atoms with Crippen molar-refractivity contribution in [2.24, 2.45) is 5.92 Å². The number of anilines is 1. The van der Waals surface area contributed by atoms with Gasteiger partial charge in [0.2, 0.25) is 0 Å². The van der Waals surface area contributed by atoms with Gasteiger partial charge in [-0.3, -0.25) is 4.79 Å². The molecule has 0 heterocycles. The molecule has 0 aliphatic heterocycles. The maximum Gasteiger partial charge on any atom is 0.251 e. The molecule has 4 heteroatoms. The molecule has 0 bridgehead atoms. The molecule has 0 saturated carbocycles. The highest BCUT2D eigenvalue weighted by molar-refractivity contribution is 9.10. The summed E-state index contributed by atoms with van der Waals surface area (Å²) in [4.78, 5) is 12.0. The van der Waals surface area contributed by atoms with Crippen LogP contribution < -0.4 is 11.1 Å². The fraction of sp³-hybridized carbons (Fsp3) is 0.462. The fourth-order valence-corrected chi connectivity index (χ4v) is 1.92. The number of carbonyl (C=O) groups excluding carboxylic acids is 1. The van der Waals surface area contributed by atoms with Crippen molar-refractivity contribution in [3.05, 3.63) is 27.7 Å². The number of hydrogen-bond acceptors (Lipinski definition) is 2. The van der Waals surface area contributed by atoms with Crippen LogP contribution in [0, 0.1) is 12.8 Å². The van der Waals surface area contributed by atoms with Crippen LogP contribution in [0.4, 0.5) is 5.69 Å². The van der Waals surface area contributed by atoms with E-state index in [-0.39, 0.29) is 5.91 Å². The van der Waals surface area contributed by atoms with E-state index in [4.69, 9.17) is 5.73 Å². The van der Waals surface area contributed by atoms with Crippen molar-refractivity contribution >= 4 is 27.5 Å². The number of halogens is 1. The summed E-state index contributed by atoms with van der Waals surface area (Å²) in [5, 5.41) is 2.93. The number of nitrogens with two attached hydrogens (primary N) is 1. The Balaban J connectivity index is 2.82. The van der Waals surface area contributed by atoms with Gasteiger partial charge in [-0.25, -0.2) is 0 Å². The fourth-order valence-electron chi connectivity index (χ4n) is 1.44. The largest absolute Gasteiger partial charge is 0.398 e. The Hall–Kier alpha value is -1.03. The van der Waals surface area contributed by atoms with Crippen molar-refractivity contribution in [2.75, 3.05) is 12.3 Å². The molecule has 0 aromatic heterocycles. The van der Waals surface area contributed by atoms with E-state index in [9.17, 15) is 4.79 Å². The zero-order chi connectivity index (χ0) is 13.0. The maximum absolute atomic E-state index is 12.0. The second-order valence-corrected chi connectivity index (χ2v) is 5.31. The van der Waals surface area contributed by atoms with Gasteiger partial charge in [0.05, 0.1) is 0 Å². The van der Waals surface area contributed by atoms with E-state index in [1.165, 1.54) is 0 Å². The Labute approximate surface area is 111 Å². The Morgan fingerprint density at radius 2 is 2.18 bits per heavy atom. The summed E-state index contributed by atoms with van der Waals surface area (Å²) >= 11 is 3.35. The van der Waals surface area contributed by atoms with Gasteiger partial charge in [-0.15, -0.1) is 0 Å². The monoisotopic (exact) mass is 298 g/mol. The zero-order valence-electron chi connectivity index (χ0n) is 10.5. The van der Waals surface area contributed by atoms with Crippen LogP contribution in [0.1, 0.15) is 36.2 Å². The van der Waals surface area contributed by atoms with Crippen molar-refractivity contribution in [3.63, 3.8) is 0 Å². The minimum atomic E-state index is -0.0594. The minimum Gasteiger partial charge on any atom is -0.398 e. The van der Waals surface area contributed by atoms with Crippen molar-refractivity contribution < 1.29 is 4.79 Å². The van der Waals surface area contributed by atoms with Gasteiger partial charge in [0.15, 0.2) is 0 Å². The van der Waals surface area contributed by atoms with Gasteiger partial charge in [0, 0.05) is 22.3 Å². The highest BCUT2D eigenvalue weighted by atomic mass is 79.9. The third-order valence-corrected chi connectivity index (χ3v) is 3.42. The highest BCUT2D eigenvalue weighted by Gasteiger charge is 2.12. The van der Waals surface area contributed by atoms with Crippen LogP contribution in [0.3, 0.4) is 0 Å². The van der Waals surface area contributed by atoms with Gasteiger partial charge in [0.25, 0.3) is 5.91 Å². The number of rotatable bonds is 4. The lowest BCUT2D eigenvalue weighted by Crippen LogP contribution is -2.28. The first-order valence-electron chi connectivity index (χ1n) is 5.79. The molecule has 3 N–H and O–H groups in total. The third kappa shape index (κ3) is 3.73. The lowest BCUT2D eigenvalue weighted by atomic mass is 10.1. The summed E-state index contributed by atoms with van der Waals surface area (Å²) < 4.78 is 0.828. The summed E-state index contributed by atoms with van der Waals surface area (Å²) in [6.07, 6.45) is 1.06. The van der Waals surface area contributed by atoms with Crippen LogP contribution >= 0.6 is 15.9 Å². The molecule has 1 rings (SSSR count). The summed E-state index contributed by atoms with van der Waals surface area (Å²) in [6.45, 7) is 6.78. The molecular formula is C13H19BrN2O. The molecule has 3 nitrogen and oxygen atoms in total. The highest BCUT2D eigenvalue weighted by Crippen LogP contribution is 2.22. The molecule has 1 unspecified atom stereocenters. The van der Waals surface area contributed by atoms with Gasteiger partial charge in [-0.2, -0.15) is 0 Å². The molecule has 0 aliphatic carbocycles. The maximum atomic E-state index is 12.0. The van der Waals surface area contributed by atoms with Gasteiger partial charge < -0.3 is 11.1 Å². The van der Waals surface area contributed by atoms with Crippen molar-refractivity contribution in [2.45, 2.75) is 27.2 Å². The molecule has 1 atom stereocenters. The molecule has 17 heavy (non-hydrogen) atoms. The number of amides is 1. The van der Waals surface area contributed by atoms with Crippen LogP contribution in [0.15, 0.2) is 16.6 Å². The predicted molar refractivity (Wildman–Crippen MR) is 75.1 cm³/mol. The lowest BCUT2D eigenvalue weighted by molar-refractivity contribution is 0.0947. The standard InChI is InChI=1S/C13H19BrN2O/c1-4-8(2)7-16-13(17)11-5-10(14)6-12(15)9(11)3/h5-6,8H,4,7,15H2,1-3H3,(H,16,17). The van der Waals surface area contributed by atoms with E-state index in [1.807, 2.05) is 6.92 Å². The van der Waals surface area contributed by atoms with E-state index in [0.717, 1.165) is 16.5 Å². The first kappa shape index (κ1) is 14.0.